The third-order valence-corrected chi connectivity index (χ3v) is 7.09. The van der Waals surface area contributed by atoms with Crippen LogP contribution in [0.15, 0.2) is 132 Å². The van der Waals surface area contributed by atoms with Gasteiger partial charge in [-0.2, -0.15) is 0 Å². The maximum absolute atomic E-state index is 10.1. The van der Waals surface area contributed by atoms with Gasteiger partial charge < -0.3 is 15.5 Å². The van der Waals surface area contributed by atoms with Gasteiger partial charge in [0.2, 0.25) is 0 Å². The molecule has 3 nitrogen and oxygen atoms in total. The number of aliphatic hydroxyl groups excluding tert-OH is 1. The molecule has 1 aliphatic carbocycles. The van der Waals surface area contributed by atoms with E-state index in [1.165, 1.54) is 38.8 Å². The lowest BCUT2D eigenvalue weighted by molar-refractivity contribution is 0.429. The number of aliphatic hydroxyl groups is 1. The van der Waals surface area contributed by atoms with Gasteiger partial charge in [0.15, 0.2) is 0 Å². The molecule has 3 N–H and O–H groups in total. The average Bonchev–Trinajstić information content (AvgIpc) is 2.92. The topological polar surface area (TPSA) is 52.5 Å². The molecule has 1 unspecified atom stereocenters. The first-order chi connectivity index (χ1) is 17.6. The van der Waals surface area contributed by atoms with Crippen molar-refractivity contribution in [2.45, 2.75) is 18.8 Å². The van der Waals surface area contributed by atoms with Crippen LogP contribution in [0.2, 0.25) is 0 Å². The van der Waals surface area contributed by atoms with Crippen molar-refractivity contribution in [3.8, 4) is 16.9 Å². The van der Waals surface area contributed by atoms with Crippen LogP contribution >= 0.6 is 0 Å². The van der Waals surface area contributed by atoms with Gasteiger partial charge in [-0.15, -0.1) is 0 Å². The highest BCUT2D eigenvalue weighted by molar-refractivity contribution is 5.89. The Bertz CT molecular complexity index is 1560. The van der Waals surface area contributed by atoms with Crippen LogP contribution in [0.4, 0.5) is 0 Å². The Morgan fingerprint density at radius 2 is 1.61 bits per heavy atom. The number of phenols is 1. The Labute approximate surface area is 211 Å². The maximum atomic E-state index is 10.1. The van der Waals surface area contributed by atoms with E-state index in [0.717, 1.165) is 23.9 Å². The number of aromatic hydroxyl groups is 1. The van der Waals surface area contributed by atoms with E-state index in [2.05, 4.69) is 78.1 Å². The van der Waals surface area contributed by atoms with Crippen molar-refractivity contribution < 1.29 is 10.2 Å². The first kappa shape index (κ1) is 22.0. The number of benzene rings is 4. The fourth-order valence-corrected chi connectivity index (χ4v) is 5.36. The maximum Gasteiger partial charge on any atom is 0.119 e. The third-order valence-electron chi connectivity index (χ3n) is 7.09. The summed E-state index contributed by atoms with van der Waals surface area (Å²) in [7, 11) is 0. The Balaban J connectivity index is 1.43. The SMILES string of the molecule is OC1=C/C(=C/C=C2/Cc3ccc4cc(O)ccc4c3C(c3ccc(-c4ccccc4)cc3)C2)NC=C1. The summed E-state index contributed by atoms with van der Waals surface area (Å²) in [5.74, 6) is 0.748. The molecule has 1 atom stereocenters. The van der Waals surface area contributed by atoms with Crippen LogP contribution in [-0.2, 0) is 6.42 Å². The largest absolute Gasteiger partial charge is 0.508 e. The molecule has 176 valence electrons. The Hall–Kier alpha value is -4.50. The second-order valence-corrected chi connectivity index (χ2v) is 9.46. The number of hydrogen-bond acceptors (Lipinski definition) is 3. The van der Waals surface area contributed by atoms with Crippen LogP contribution in [-0.4, -0.2) is 10.2 Å². The summed E-state index contributed by atoms with van der Waals surface area (Å²) in [6, 6.07) is 29.4. The molecule has 4 aromatic rings. The second kappa shape index (κ2) is 9.27. The fraction of sp³-hybridized carbons (Fsp3) is 0.0909. The predicted molar refractivity (Wildman–Crippen MR) is 147 cm³/mol. The van der Waals surface area contributed by atoms with Crippen LogP contribution < -0.4 is 5.32 Å². The van der Waals surface area contributed by atoms with Crippen LogP contribution in [0.3, 0.4) is 0 Å². The van der Waals surface area contributed by atoms with Gasteiger partial charge in [-0.25, -0.2) is 0 Å². The molecule has 0 saturated carbocycles. The van der Waals surface area contributed by atoms with E-state index >= 15 is 0 Å². The zero-order valence-electron chi connectivity index (χ0n) is 19.9. The lowest BCUT2D eigenvalue weighted by Crippen LogP contribution is -2.14. The number of rotatable bonds is 3. The van der Waals surface area contributed by atoms with Gasteiger partial charge in [0.05, 0.1) is 0 Å². The summed E-state index contributed by atoms with van der Waals surface area (Å²) in [6.45, 7) is 0. The number of fused-ring (bicyclic) bond motifs is 3. The van der Waals surface area contributed by atoms with Crippen LogP contribution in [0.1, 0.15) is 29.0 Å². The molecule has 0 fully saturated rings. The minimum atomic E-state index is 0.208. The van der Waals surface area contributed by atoms with E-state index in [-0.39, 0.29) is 11.7 Å². The normalized spacial score (nSPS) is 19.2. The number of hydrogen-bond donors (Lipinski definition) is 3. The molecule has 3 heteroatoms. The highest BCUT2D eigenvalue weighted by atomic mass is 16.3. The van der Waals surface area contributed by atoms with E-state index in [0.29, 0.717) is 5.75 Å². The van der Waals surface area contributed by atoms with Crippen LogP contribution in [0.25, 0.3) is 21.9 Å². The molecule has 2 aliphatic rings. The fourth-order valence-electron chi connectivity index (χ4n) is 5.36. The summed E-state index contributed by atoms with van der Waals surface area (Å²) in [4.78, 5) is 0. The van der Waals surface area contributed by atoms with Crippen molar-refractivity contribution in [2.24, 2.45) is 0 Å². The number of nitrogens with one attached hydrogen (secondary N) is 1. The van der Waals surface area contributed by atoms with E-state index in [4.69, 9.17) is 0 Å². The standard InChI is InChI=1S/C33H27NO2/c35-29-14-15-31-26(20-29)11-12-27-18-22(6-13-28-21-30(36)16-17-34-28)19-32(33(27)31)25-9-7-24(8-10-25)23-4-2-1-3-5-23/h1-17,20-21,32,34-36H,18-19H2/b22-6-,28-13-. The van der Waals surface area contributed by atoms with E-state index < -0.39 is 0 Å². The molecule has 36 heavy (non-hydrogen) atoms. The van der Waals surface area contributed by atoms with Crippen molar-refractivity contribution in [2.75, 3.05) is 0 Å². The summed E-state index contributed by atoms with van der Waals surface area (Å²) in [6.07, 6.45) is 11.1. The Kier molecular flexibility index (Phi) is 5.67. The number of dihydropyridines is 1. The quantitative estimate of drug-likeness (QED) is 0.289. The van der Waals surface area contributed by atoms with E-state index in [1.54, 1.807) is 24.4 Å². The van der Waals surface area contributed by atoms with Gasteiger partial charge in [-0.05, 0) is 75.7 Å². The lowest BCUT2D eigenvalue weighted by atomic mass is 9.74. The zero-order valence-corrected chi connectivity index (χ0v) is 19.9. The van der Waals surface area contributed by atoms with Crippen molar-refractivity contribution in [1.29, 1.82) is 0 Å². The molecule has 1 aliphatic heterocycles. The van der Waals surface area contributed by atoms with Crippen molar-refractivity contribution in [3.05, 3.63) is 149 Å². The number of allylic oxidation sites excluding steroid dienone is 5. The molecule has 0 bridgehead atoms. The first-order valence-electron chi connectivity index (χ1n) is 12.3. The highest BCUT2D eigenvalue weighted by Gasteiger charge is 2.26. The predicted octanol–water partition coefficient (Wildman–Crippen LogP) is 7.66. The Morgan fingerprint density at radius 3 is 2.42 bits per heavy atom. The summed E-state index contributed by atoms with van der Waals surface area (Å²) >= 11 is 0. The van der Waals surface area contributed by atoms with E-state index in [9.17, 15) is 10.2 Å². The minimum absolute atomic E-state index is 0.208. The second-order valence-electron chi connectivity index (χ2n) is 9.46. The molecule has 1 heterocycles. The van der Waals surface area contributed by atoms with E-state index in [1.807, 2.05) is 18.2 Å². The van der Waals surface area contributed by atoms with Crippen molar-refractivity contribution in [1.82, 2.24) is 5.32 Å². The lowest BCUT2D eigenvalue weighted by Gasteiger charge is -2.30. The molecule has 0 amide bonds. The summed E-state index contributed by atoms with van der Waals surface area (Å²) in [5, 5.41) is 25.3. The number of phenolic OH excluding ortho intramolecular Hbond substituents is 1. The zero-order chi connectivity index (χ0) is 24.5. The van der Waals surface area contributed by atoms with Gasteiger partial charge in [-0.1, -0.05) is 84.4 Å². The molecule has 6 rings (SSSR count). The highest BCUT2D eigenvalue weighted by Crippen LogP contribution is 2.43. The van der Waals surface area contributed by atoms with Crippen molar-refractivity contribution >= 4 is 10.8 Å². The summed E-state index contributed by atoms with van der Waals surface area (Å²) < 4.78 is 0. The molecular weight excluding hydrogens is 442 g/mol. The molecule has 4 aromatic carbocycles. The molecule has 0 spiro atoms. The molecule has 0 radical (unpaired) electrons. The van der Waals surface area contributed by atoms with Crippen molar-refractivity contribution in [3.63, 3.8) is 0 Å². The monoisotopic (exact) mass is 469 g/mol. The van der Waals surface area contributed by atoms with Gasteiger partial charge >= 0.3 is 0 Å². The van der Waals surface area contributed by atoms with Gasteiger partial charge in [0, 0.05) is 23.9 Å². The van der Waals surface area contributed by atoms with Gasteiger partial charge in [-0.3, -0.25) is 0 Å². The smallest absolute Gasteiger partial charge is 0.119 e. The molecular formula is C33H27NO2. The van der Waals surface area contributed by atoms with Gasteiger partial charge in [0.1, 0.15) is 11.5 Å². The van der Waals surface area contributed by atoms with Gasteiger partial charge in [0.25, 0.3) is 0 Å². The third kappa shape index (κ3) is 4.32. The Morgan fingerprint density at radius 1 is 0.806 bits per heavy atom. The average molecular weight is 470 g/mol. The first-order valence-corrected chi connectivity index (χ1v) is 12.3. The summed E-state index contributed by atoms with van der Waals surface area (Å²) in [5.41, 5.74) is 8.58. The molecule has 0 saturated heterocycles. The minimum Gasteiger partial charge on any atom is -0.508 e. The van der Waals surface area contributed by atoms with Crippen LogP contribution in [0.5, 0.6) is 5.75 Å². The van der Waals surface area contributed by atoms with Crippen LogP contribution in [0, 0.1) is 0 Å². The molecule has 0 aromatic heterocycles.